The molecule has 2 unspecified atom stereocenters. The van der Waals surface area contributed by atoms with Crippen LogP contribution in [0, 0.1) is 0 Å². The van der Waals surface area contributed by atoms with Crippen molar-refractivity contribution in [3.8, 4) is 16.9 Å². The smallest absolute Gasteiger partial charge is 0.226 e. The number of carbonyl (C=O) groups is 1. The Labute approximate surface area is 166 Å². The highest BCUT2D eigenvalue weighted by Crippen LogP contribution is 2.31. The number of amides is 1. The van der Waals surface area contributed by atoms with Gasteiger partial charge in [0.2, 0.25) is 12.2 Å². The van der Waals surface area contributed by atoms with Gasteiger partial charge in [0.15, 0.2) is 0 Å². The van der Waals surface area contributed by atoms with E-state index in [1.54, 1.807) is 0 Å². The van der Waals surface area contributed by atoms with E-state index in [9.17, 15) is 9.90 Å². The molecule has 1 amide bonds. The van der Waals surface area contributed by atoms with Crippen molar-refractivity contribution >= 4 is 11.5 Å². The first-order valence-corrected chi connectivity index (χ1v) is 9.54. The molecule has 0 bridgehead atoms. The molecule has 5 heteroatoms. The zero-order valence-corrected chi connectivity index (χ0v) is 16.4. The van der Waals surface area contributed by atoms with Crippen molar-refractivity contribution in [2.75, 3.05) is 13.2 Å². The Bertz CT molecular complexity index is 861. The Morgan fingerprint density at radius 2 is 2.11 bits per heavy atom. The Hall–Kier alpha value is -2.63. The summed E-state index contributed by atoms with van der Waals surface area (Å²) in [5.41, 5.74) is 5.26. The van der Waals surface area contributed by atoms with Crippen LogP contribution in [0.2, 0.25) is 0 Å². The van der Waals surface area contributed by atoms with Crippen molar-refractivity contribution in [3.63, 3.8) is 0 Å². The molecule has 2 N–H and O–H groups in total. The van der Waals surface area contributed by atoms with Gasteiger partial charge < -0.3 is 19.9 Å². The summed E-state index contributed by atoms with van der Waals surface area (Å²) >= 11 is 0. The molecule has 0 radical (unpaired) electrons. The molecule has 1 heterocycles. The van der Waals surface area contributed by atoms with Gasteiger partial charge in [0, 0.05) is 19.9 Å². The lowest BCUT2D eigenvalue weighted by atomic mass is 9.95. The molecule has 0 saturated carbocycles. The highest BCUT2D eigenvalue weighted by atomic mass is 16.7. The van der Waals surface area contributed by atoms with E-state index in [1.807, 2.05) is 43.3 Å². The molecule has 28 heavy (non-hydrogen) atoms. The summed E-state index contributed by atoms with van der Waals surface area (Å²) < 4.78 is 11.3. The molecule has 2 atom stereocenters. The SMILES string of the molecule is C=C(C)c1cccc(-c2cc(OC3OCCC3O)ccc2CCNC(C)=O)c1. The Morgan fingerprint density at radius 1 is 1.29 bits per heavy atom. The minimum Gasteiger partial charge on any atom is -0.462 e. The van der Waals surface area contributed by atoms with E-state index < -0.39 is 12.4 Å². The fraction of sp³-hybridized carbons (Fsp3) is 0.348. The van der Waals surface area contributed by atoms with Crippen molar-refractivity contribution in [1.29, 1.82) is 0 Å². The van der Waals surface area contributed by atoms with Crippen LogP contribution in [0.4, 0.5) is 0 Å². The van der Waals surface area contributed by atoms with Crippen LogP contribution in [0.3, 0.4) is 0 Å². The molecule has 3 rings (SSSR count). The first kappa shape index (κ1) is 20.1. The maximum Gasteiger partial charge on any atom is 0.226 e. The number of hydrogen-bond donors (Lipinski definition) is 2. The molecule has 0 spiro atoms. The van der Waals surface area contributed by atoms with Gasteiger partial charge in [0.1, 0.15) is 11.9 Å². The quantitative estimate of drug-likeness (QED) is 0.770. The Morgan fingerprint density at radius 3 is 2.79 bits per heavy atom. The first-order valence-electron chi connectivity index (χ1n) is 9.54. The van der Waals surface area contributed by atoms with Crippen LogP contribution in [0.25, 0.3) is 16.7 Å². The topological polar surface area (TPSA) is 67.8 Å². The van der Waals surface area contributed by atoms with Gasteiger partial charge in [-0.05, 0) is 53.8 Å². The minimum absolute atomic E-state index is 0.0434. The fourth-order valence-corrected chi connectivity index (χ4v) is 3.24. The van der Waals surface area contributed by atoms with Gasteiger partial charge in [0.25, 0.3) is 0 Å². The summed E-state index contributed by atoms with van der Waals surface area (Å²) in [7, 11) is 0. The monoisotopic (exact) mass is 381 g/mol. The summed E-state index contributed by atoms with van der Waals surface area (Å²) in [5, 5.41) is 12.8. The van der Waals surface area contributed by atoms with Gasteiger partial charge in [-0.15, -0.1) is 0 Å². The predicted octanol–water partition coefficient (Wildman–Crippen LogP) is 3.55. The van der Waals surface area contributed by atoms with Gasteiger partial charge in [-0.25, -0.2) is 0 Å². The van der Waals surface area contributed by atoms with E-state index in [0.29, 0.717) is 31.7 Å². The van der Waals surface area contributed by atoms with Crippen LogP contribution in [-0.2, 0) is 16.0 Å². The molecule has 1 fully saturated rings. The van der Waals surface area contributed by atoms with Crippen molar-refractivity contribution in [2.24, 2.45) is 0 Å². The zero-order valence-electron chi connectivity index (χ0n) is 16.4. The van der Waals surface area contributed by atoms with Crippen molar-refractivity contribution in [1.82, 2.24) is 5.32 Å². The lowest BCUT2D eigenvalue weighted by Gasteiger charge is -2.18. The molecule has 2 aromatic carbocycles. The summed E-state index contributed by atoms with van der Waals surface area (Å²) in [4.78, 5) is 11.2. The fourth-order valence-electron chi connectivity index (χ4n) is 3.24. The van der Waals surface area contributed by atoms with Crippen molar-refractivity contribution in [3.05, 3.63) is 60.2 Å². The molecular weight excluding hydrogens is 354 g/mol. The van der Waals surface area contributed by atoms with Crippen molar-refractivity contribution < 1.29 is 19.4 Å². The third-order valence-corrected chi connectivity index (χ3v) is 4.78. The number of ether oxygens (including phenoxy) is 2. The summed E-state index contributed by atoms with van der Waals surface area (Å²) in [6.07, 6.45) is 0.0247. The van der Waals surface area contributed by atoms with E-state index >= 15 is 0 Å². The normalized spacial score (nSPS) is 18.7. The lowest BCUT2D eigenvalue weighted by Crippen LogP contribution is -2.27. The second-order valence-corrected chi connectivity index (χ2v) is 7.13. The molecule has 0 aliphatic carbocycles. The zero-order chi connectivity index (χ0) is 20.1. The third kappa shape index (κ3) is 5.00. The van der Waals surface area contributed by atoms with Gasteiger partial charge >= 0.3 is 0 Å². The van der Waals surface area contributed by atoms with E-state index in [4.69, 9.17) is 9.47 Å². The van der Waals surface area contributed by atoms with Gasteiger partial charge in [-0.3, -0.25) is 4.79 Å². The number of rotatable bonds is 7. The Balaban J connectivity index is 1.92. The molecule has 148 valence electrons. The first-order chi connectivity index (χ1) is 13.4. The summed E-state index contributed by atoms with van der Waals surface area (Å²) in [6.45, 7) is 8.58. The number of aliphatic hydroxyl groups excluding tert-OH is 1. The molecular formula is C23H27NO4. The van der Waals surface area contributed by atoms with Crippen LogP contribution in [0.1, 0.15) is 31.4 Å². The summed E-state index contributed by atoms with van der Waals surface area (Å²) in [5.74, 6) is 0.600. The third-order valence-electron chi connectivity index (χ3n) is 4.78. The maximum atomic E-state index is 11.2. The number of benzene rings is 2. The van der Waals surface area contributed by atoms with Crippen LogP contribution < -0.4 is 10.1 Å². The number of hydrogen-bond acceptors (Lipinski definition) is 4. The standard InChI is InChI=1S/C23H27NO4/c1-15(2)18-5-4-6-19(13-18)21-14-20(28-23-22(26)10-12-27-23)8-7-17(21)9-11-24-16(3)25/h4-8,13-14,22-23,26H,1,9-12H2,2-3H3,(H,24,25). The Kier molecular flexibility index (Phi) is 6.49. The lowest BCUT2D eigenvalue weighted by molar-refractivity contribution is -0.118. The second-order valence-electron chi connectivity index (χ2n) is 7.13. The molecule has 0 aromatic heterocycles. The highest BCUT2D eigenvalue weighted by Gasteiger charge is 2.28. The van der Waals surface area contributed by atoms with Crippen LogP contribution in [-0.4, -0.2) is 36.6 Å². The highest BCUT2D eigenvalue weighted by molar-refractivity contribution is 5.75. The number of allylic oxidation sites excluding steroid dienone is 1. The average Bonchev–Trinajstić information content (AvgIpc) is 3.07. The predicted molar refractivity (Wildman–Crippen MR) is 110 cm³/mol. The van der Waals surface area contributed by atoms with Gasteiger partial charge in [-0.1, -0.05) is 36.4 Å². The average molecular weight is 381 g/mol. The molecule has 1 saturated heterocycles. The molecule has 1 aliphatic rings. The maximum absolute atomic E-state index is 11.2. The minimum atomic E-state index is -0.639. The second kappa shape index (κ2) is 9.04. The number of carbonyl (C=O) groups excluding carboxylic acids is 1. The van der Waals surface area contributed by atoms with Gasteiger partial charge in [-0.2, -0.15) is 0 Å². The number of aliphatic hydroxyl groups is 1. The van der Waals surface area contributed by atoms with E-state index in [2.05, 4.69) is 18.0 Å². The largest absolute Gasteiger partial charge is 0.462 e. The molecule has 1 aliphatic heterocycles. The van der Waals surface area contributed by atoms with Crippen molar-refractivity contribution in [2.45, 2.75) is 39.1 Å². The van der Waals surface area contributed by atoms with Crippen LogP contribution >= 0.6 is 0 Å². The van der Waals surface area contributed by atoms with E-state index in [0.717, 1.165) is 27.8 Å². The molecule has 2 aromatic rings. The molecule has 5 nitrogen and oxygen atoms in total. The van der Waals surface area contributed by atoms with Crippen LogP contribution in [0.15, 0.2) is 49.0 Å². The van der Waals surface area contributed by atoms with Crippen LogP contribution in [0.5, 0.6) is 5.75 Å². The van der Waals surface area contributed by atoms with E-state index in [-0.39, 0.29) is 5.91 Å². The number of nitrogens with one attached hydrogen (secondary N) is 1. The van der Waals surface area contributed by atoms with Gasteiger partial charge in [0.05, 0.1) is 6.61 Å². The summed E-state index contributed by atoms with van der Waals surface area (Å²) in [6, 6.07) is 14.0. The van der Waals surface area contributed by atoms with E-state index in [1.165, 1.54) is 6.92 Å².